The number of hydrazone groups is 1. The van der Waals surface area contributed by atoms with Gasteiger partial charge in [-0.25, -0.2) is 9.59 Å². The molecule has 1 aliphatic heterocycles. The number of aliphatic hydroxyl groups is 1. The molecular formula is C31H30BrCl3N4O7. The van der Waals surface area contributed by atoms with Crippen molar-refractivity contribution < 1.29 is 33.6 Å². The molecule has 3 aromatic rings. The lowest BCUT2D eigenvalue weighted by Crippen LogP contribution is -2.45. The van der Waals surface area contributed by atoms with E-state index in [0.29, 0.717) is 60.2 Å². The van der Waals surface area contributed by atoms with Crippen molar-refractivity contribution in [2.24, 2.45) is 5.10 Å². The molecule has 0 unspecified atom stereocenters. The number of nitrogens with zero attached hydrogens (tertiary/aromatic N) is 1. The Hall–Kier alpha value is -3.68. The van der Waals surface area contributed by atoms with Crippen LogP contribution in [0.25, 0.3) is 0 Å². The van der Waals surface area contributed by atoms with Gasteiger partial charge in [-0.1, -0.05) is 46.9 Å². The zero-order valence-electron chi connectivity index (χ0n) is 24.8. The molecule has 0 aliphatic carbocycles. The quantitative estimate of drug-likeness (QED) is 0.0671. The molecule has 2 amide bonds. The molecule has 0 saturated heterocycles. The molecule has 0 fully saturated rings. The largest absolute Gasteiger partial charge is 0.490 e. The van der Waals surface area contributed by atoms with Gasteiger partial charge < -0.3 is 34.7 Å². The van der Waals surface area contributed by atoms with E-state index in [1.807, 2.05) is 0 Å². The number of hydrogen-bond donors (Lipinski definition) is 4. The topological polar surface area (TPSA) is 140 Å². The second-order valence-electron chi connectivity index (χ2n) is 9.75. The van der Waals surface area contributed by atoms with E-state index in [2.05, 4.69) is 37.1 Å². The van der Waals surface area contributed by atoms with E-state index in [0.717, 1.165) is 5.56 Å². The minimum absolute atomic E-state index is 0.183. The second kappa shape index (κ2) is 16.2. The molecule has 3 aromatic carbocycles. The van der Waals surface area contributed by atoms with Gasteiger partial charge in [-0.05, 0) is 77.3 Å². The number of ether oxygens (including phenoxy) is 4. The molecule has 0 bridgehead atoms. The van der Waals surface area contributed by atoms with Gasteiger partial charge in [0.1, 0.15) is 13.2 Å². The van der Waals surface area contributed by atoms with Crippen LogP contribution in [-0.2, 0) is 16.1 Å². The normalized spacial score (nSPS) is 15.2. The fourth-order valence-corrected chi connectivity index (χ4v) is 5.85. The van der Waals surface area contributed by atoms with E-state index in [9.17, 15) is 14.7 Å². The van der Waals surface area contributed by atoms with Gasteiger partial charge in [0.2, 0.25) is 0 Å². The minimum Gasteiger partial charge on any atom is -0.490 e. The summed E-state index contributed by atoms with van der Waals surface area (Å²) in [5.74, 6) is 0.534. The van der Waals surface area contributed by atoms with E-state index in [-0.39, 0.29) is 18.8 Å². The van der Waals surface area contributed by atoms with E-state index in [1.54, 1.807) is 62.4 Å². The predicted octanol–water partition coefficient (Wildman–Crippen LogP) is 6.51. The molecule has 2 atom stereocenters. The number of carbonyl (C=O) groups excluding carboxylic acids is 2. The van der Waals surface area contributed by atoms with Crippen molar-refractivity contribution in [3.8, 4) is 17.2 Å². The van der Waals surface area contributed by atoms with Crippen molar-refractivity contribution in [2.75, 3.05) is 20.3 Å². The molecule has 46 heavy (non-hydrogen) atoms. The number of amides is 2. The Morgan fingerprint density at radius 1 is 1.09 bits per heavy atom. The first kappa shape index (κ1) is 35.2. The Morgan fingerprint density at radius 3 is 2.57 bits per heavy atom. The number of aliphatic hydroxyl groups excluding tert-OH is 1. The van der Waals surface area contributed by atoms with Crippen LogP contribution in [0.3, 0.4) is 0 Å². The average molecular weight is 757 g/mol. The molecule has 1 aliphatic rings. The number of carbonyl (C=O) groups is 2. The number of allylic oxidation sites excluding steroid dienone is 1. The van der Waals surface area contributed by atoms with Crippen molar-refractivity contribution in [2.45, 2.75) is 32.7 Å². The maximum absolute atomic E-state index is 12.4. The van der Waals surface area contributed by atoms with Crippen molar-refractivity contribution >= 4 is 68.9 Å². The summed E-state index contributed by atoms with van der Waals surface area (Å²) in [7, 11) is 1.27. The number of nitrogens with one attached hydrogen (secondary N) is 3. The third kappa shape index (κ3) is 8.98. The molecule has 4 rings (SSSR count). The molecule has 244 valence electrons. The predicted molar refractivity (Wildman–Crippen MR) is 179 cm³/mol. The molecular weight excluding hydrogens is 727 g/mol. The molecule has 15 heteroatoms. The zero-order valence-corrected chi connectivity index (χ0v) is 28.7. The maximum Gasteiger partial charge on any atom is 0.337 e. The van der Waals surface area contributed by atoms with Crippen LogP contribution in [0.2, 0.25) is 15.1 Å². The summed E-state index contributed by atoms with van der Waals surface area (Å²) in [6.45, 7) is 3.74. The van der Waals surface area contributed by atoms with Gasteiger partial charge in [0.25, 0.3) is 0 Å². The van der Waals surface area contributed by atoms with Gasteiger partial charge in [0.05, 0.1) is 41.0 Å². The third-order valence-electron chi connectivity index (χ3n) is 6.52. The van der Waals surface area contributed by atoms with Gasteiger partial charge in [-0.3, -0.25) is 5.43 Å². The highest BCUT2D eigenvalue weighted by molar-refractivity contribution is 9.10. The standard InChI is InChI=1S/C31H30BrCl3N4O7/c1-4-44-25-11-18(28-27(30(41)43-3)16(2)37-31(42)38-28)6-8-24(25)45-15-26(40)39-36-13-17-9-21(32)29(23(35)10-17)46-14-19-5-7-20(33)12-22(19)34/h5-13,26,28,39-40H,4,14-15H2,1-3H3,(H2,37,38,42)/b36-13-/t26-,28-/m0/s1. The van der Waals surface area contributed by atoms with Crippen molar-refractivity contribution in [3.05, 3.63) is 96.0 Å². The molecule has 11 nitrogen and oxygen atoms in total. The Bertz CT molecular complexity index is 1650. The minimum atomic E-state index is -1.18. The van der Waals surface area contributed by atoms with Crippen LogP contribution in [0.5, 0.6) is 17.2 Å². The summed E-state index contributed by atoms with van der Waals surface area (Å²) in [6, 6.07) is 12.3. The Kier molecular flexibility index (Phi) is 12.4. The van der Waals surface area contributed by atoms with Crippen LogP contribution < -0.4 is 30.3 Å². The van der Waals surface area contributed by atoms with Crippen molar-refractivity contribution in [1.82, 2.24) is 16.1 Å². The summed E-state index contributed by atoms with van der Waals surface area (Å²) >= 11 is 22.1. The van der Waals surface area contributed by atoms with Crippen LogP contribution in [0.15, 0.2) is 69.4 Å². The van der Waals surface area contributed by atoms with Crippen LogP contribution in [0.4, 0.5) is 4.79 Å². The summed E-state index contributed by atoms with van der Waals surface area (Å²) in [6.07, 6.45) is 0.290. The summed E-state index contributed by atoms with van der Waals surface area (Å²) < 4.78 is 22.9. The monoisotopic (exact) mass is 754 g/mol. The highest BCUT2D eigenvalue weighted by Crippen LogP contribution is 2.36. The third-order valence-corrected chi connectivity index (χ3v) is 7.97. The lowest BCUT2D eigenvalue weighted by molar-refractivity contribution is -0.136. The SMILES string of the molecule is CCOc1cc([C@@H]2NC(=O)NC(C)=C2C(=O)OC)ccc1OC[C@H](O)N/N=C\c1cc(Cl)c(OCc2ccc(Cl)cc2Cl)c(Br)c1. The van der Waals surface area contributed by atoms with Gasteiger partial charge in [0.15, 0.2) is 23.5 Å². The van der Waals surface area contributed by atoms with E-state index in [4.69, 9.17) is 53.8 Å². The molecule has 0 spiro atoms. The Labute approximate surface area is 288 Å². The smallest absolute Gasteiger partial charge is 0.337 e. The first-order valence-electron chi connectivity index (χ1n) is 13.8. The van der Waals surface area contributed by atoms with Crippen LogP contribution in [0, 0.1) is 0 Å². The lowest BCUT2D eigenvalue weighted by atomic mass is 9.95. The highest BCUT2D eigenvalue weighted by Gasteiger charge is 2.32. The van der Waals surface area contributed by atoms with Crippen LogP contribution in [0.1, 0.15) is 36.6 Å². The van der Waals surface area contributed by atoms with E-state index >= 15 is 0 Å². The lowest BCUT2D eigenvalue weighted by Gasteiger charge is -2.28. The van der Waals surface area contributed by atoms with Crippen molar-refractivity contribution in [1.29, 1.82) is 0 Å². The van der Waals surface area contributed by atoms with Gasteiger partial charge in [-0.2, -0.15) is 5.10 Å². The number of rotatable bonds is 13. The van der Waals surface area contributed by atoms with E-state index < -0.39 is 24.3 Å². The number of hydrogen-bond acceptors (Lipinski definition) is 9. The van der Waals surface area contributed by atoms with Gasteiger partial charge in [0, 0.05) is 21.3 Å². The second-order valence-corrected chi connectivity index (χ2v) is 11.9. The van der Waals surface area contributed by atoms with Gasteiger partial charge >= 0.3 is 12.0 Å². The average Bonchev–Trinajstić information content (AvgIpc) is 3.00. The van der Waals surface area contributed by atoms with Crippen molar-refractivity contribution in [3.63, 3.8) is 0 Å². The first-order valence-corrected chi connectivity index (χ1v) is 15.7. The summed E-state index contributed by atoms with van der Waals surface area (Å²) in [5, 5.41) is 21.2. The van der Waals surface area contributed by atoms with Crippen LogP contribution >= 0.6 is 50.7 Å². The molecule has 1 heterocycles. The Morgan fingerprint density at radius 2 is 1.87 bits per heavy atom. The fourth-order valence-electron chi connectivity index (χ4n) is 4.40. The van der Waals surface area contributed by atoms with Gasteiger partial charge in [-0.15, -0.1) is 0 Å². The number of methoxy groups -OCH3 is 1. The fraction of sp³-hybridized carbons (Fsp3) is 0.258. The number of esters is 1. The molecule has 0 saturated carbocycles. The first-order chi connectivity index (χ1) is 22.0. The van der Waals surface area contributed by atoms with Crippen LogP contribution in [-0.4, -0.2) is 49.9 Å². The molecule has 0 aromatic heterocycles. The maximum atomic E-state index is 12.4. The summed E-state index contributed by atoms with van der Waals surface area (Å²) in [4.78, 5) is 24.6. The molecule has 0 radical (unpaired) electrons. The number of benzene rings is 3. The number of halogens is 4. The number of urea groups is 1. The summed E-state index contributed by atoms with van der Waals surface area (Å²) in [5.41, 5.74) is 5.18. The Balaban J connectivity index is 1.37. The molecule has 4 N–H and O–H groups in total. The highest BCUT2D eigenvalue weighted by atomic mass is 79.9. The zero-order chi connectivity index (χ0) is 33.4. The van der Waals surface area contributed by atoms with E-state index in [1.165, 1.54) is 13.3 Å².